The molecule has 2 heterocycles. The summed E-state index contributed by atoms with van der Waals surface area (Å²) in [7, 11) is 0. The number of nitrogens with zero attached hydrogens (tertiary/aromatic N) is 4. The molecule has 6 rings (SSSR count). The highest BCUT2D eigenvalue weighted by molar-refractivity contribution is 6.37. The van der Waals surface area contributed by atoms with Gasteiger partial charge >= 0.3 is 0 Å². The lowest BCUT2D eigenvalue weighted by Crippen LogP contribution is -2.21. The van der Waals surface area contributed by atoms with Gasteiger partial charge in [-0.3, -0.25) is 4.79 Å². The maximum Gasteiger partial charge on any atom is 0.281 e. The summed E-state index contributed by atoms with van der Waals surface area (Å²) in [6, 6.07) is 35.3. The van der Waals surface area contributed by atoms with Gasteiger partial charge in [0, 0.05) is 22.9 Å². The maximum atomic E-state index is 13.9. The molecule has 5 aromatic rings. The molecule has 0 radical (unpaired) electrons. The van der Waals surface area contributed by atoms with Gasteiger partial charge in [-0.1, -0.05) is 66.7 Å². The van der Waals surface area contributed by atoms with Crippen molar-refractivity contribution < 1.29 is 9.53 Å². The van der Waals surface area contributed by atoms with Gasteiger partial charge < -0.3 is 4.74 Å². The first-order valence-corrected chi connectivity index (χ1v) is 13.3. The Kier molecular flexibility index (Phi) is 6.81. The summed E-state index contributed by atoms with van der Waals surface area (Å²) in [6.45, 7) is 4.61. The average Bonchev–Trinajstić information content (AvgIpc) is 3.56. The second-order valence-corrected chi connectivity index (χ2v) is 9.45. The zero-order valence-corrected chi connectivity index (χ0v) is 22.4. The Morgan fingerprint density at radius 1 is 0.825 bits per heavy atom. The van der Waals surface area contributed by atoms with Crippen LogP contribution in [0.4, 0.5) is 5.69 Å². The molecule has 6 heteroatoms. The Labute approximate surface area is 233 Å². The molecular formula is C34H28N4O2. The van der Waals surface area contributed by atoms with Crippen LogP contribution in [0.3, 0.4) is 0 Å². The molecular weight excluding hydrogens is 496 g/mol. The number of rotatable bonds is 7. The fourth-order valence-corrected chi connectivity index (χ4v) is 4.83. The van der Waals surface area contributed by atoms with Crippen molar-refractivity contribution in [2.75, 3.05) is 11.6 Å². The van der Waals surface area contributed by atoms with E-state index in [1.165, 1.54) is 5.01 Å². The number of amides is 1. The van der Waals surface area contributed by atoms with Crippen molar-refractivity contribution in [1.29, 1.82) is 0 Å². The van der Waals surface area contributed by atoms with Crippen LogP contribution in [0.15, 0.2) is 126 Å². The van der Waals surface area contributed by atoms with Gasteiger partial charge in [-0.25, -0.2) is 4.68 Å². The van der Waals surface area contributed by atoms with E-state index in [1.807, 2.05) is 140 Å². The van der Waals surface area contributed by atoms with Gasteiger partial charge in [0.1, 0.15) is 17.2 Å². The van der Waals surface area contributed by atoms with E-state index < -0.39 is 0 Å². The summed E-state index contributed by atoms with van der Waals surface area (Å²) < 4.78 is 7.57. The standard InChI is InChI=1S/C34H28N4O2/c1-3-40-29-19-20-30(24(2)21-29)33-26(23-37(35-33)27-15-9-5-10-16-27)22-31-32(25-13-7-4-8-14-25)36-38(34(31)39)28-17-11-6-12-18-28/h4-23H,3H2,1-2H3. The quantitative estimate of drug-likeness (QED) is 0.214. The molecule has 0 bridgehead atoms. The molecule has 4 aromatic carbocycles. The first kappa shape index (κ1) is 25.1. The normalized spacial score (nSPS) is 14.1. The second-order valence-electron chi connectivity index (χ2n) is 9.45. The van der Waals surface area contributed by atoms with E-state index in [0.29, 0.717) is 23.6 Å². The Balaban J connectivity index is 1.52. The Hall–Kier alpha value is -5.23. The predicted octanol–water partition coefficient (Wildman–Crippen LogP) is 7.08. The van der Waals surface area contributed by atoms with Gasteiger partial charge in [0.15, 0.2) is 0 Å². The molecule has 1 aromatic heterocycles. The molecule has 196 valence electrons. The zero-order valence-electron chi connectivity index (χ0n) is 22.4. The Bertz CT molecular complexity index is 1720. The fourth-order valence-electron chi connectivity index (χ4n) is 4.83. The van der Waals surface area contributed by atoms with E-state index in [2.05, 4.69) is 0 Å². The van der Waals surface area contributed by atoms with Gasteiger partial charge in [-0.05, 0) is 68.0 Å². The van der Waals surface area contributed by atoms with Crippen LogP contribution in [0.5, 0.6) is 5.75 Å². The molecule has 1 amide bonds. The lowest BCUT2D eigenvalue weighted by Gasteiger charge is -2.11. The molecule has 0 N–H and O–H groups in total. The fraction of sp³-hybridized carbons (Fsp3) is 0.0882. The number of carbonyl (C=O) groups is 1. The van der Waals surface area contributed by atoms with Crippen LogP contribution < -0.4 is 9.75 Å². The Morgan fingerprint density at radius 3 is 2.12 bits per heavy atom. The highest BCUT2D eigenvalue weighted by Gasteiger charge is 2.32. The van der Waals surface area contributed by atoms with Crippen LogP contribution in [-0.4, -0.2) is 28.0 Å². The lowest BCUT2D eigenvalue weighted by atomic mass is 9.97. The van der Waals surface area contributed by atoms with Gasteiger partial charge in [0.25, 0.3) is 5.91 Å². The van der Waals surface area contributed by atoms with Crippen LogP contribution in [0.25, 0.3) is 23.0 Å². The molecule has 0 aliphatic carbocycles. The van der Waals surface area contributed by atoms with Gasteiger partial charge in [0.05, 0.1) is 23.6 Å². The monoisotopic (exact) mass is 524 g/mol. The third kappa shape index (κ3) is 4.83. The second kappa shape index (κ2) is 10.9. The molecule has 6 nitrogen and oxygen atoms in total. The van der Waals surface area contributed by atoms with Crippen molar-refractivity contribution in [3.05, 3.63) is 138 Å². The number of hydrogen-bond donors (Lipinski definition) is 0. The number of hydrogen-bond acceptors (Lipinski definition) is 4. The van der Waals surface area contributed by atoms with Crippen LogP contribution >= 0.6 is 0 Å². The number of hydrazone groups is 1. The minimum absolute atomic E-state index is 0.188. The minimum Gasteiger partial charge on any atom is -0.494 e. The van der Waals surface area contributed by atoms with Gasteiger partial charge in [-0.15, -0.1) is 0 Å². The summed E-state index contributed by atoms with van der Waals surface area (Å²) in [5.74, 6) is 0.626. The molecule has 0 saturated heterocycles. The number of carbonyl (C=O) groups excluding carboxylic acids is 1. The lowest BCUT2D eigenvalue weighted by molar-refractivity contribution is -0.114. The van der Waals surface area contributed by atoms with Crippen LogP contribution in [0, 0.1) is 6.92 Å². The predicted molar refractivity (Wildman–Crippen MR) is 160 cm³/mol. The van der Waals surface area contributed by atoms with Crippen molar-refractivity contribution in [2.45, 2.75) is 13.8 Å². The highest BCUT2D eigenvalue weighted by atomic mass is 16.5. The number of ether oxygens (including phenoxy) is 1. The Morgan fingerprint density at radius 2 is 1.48 bits per heavy atom. The smallest absolute Gasteiger partial charge is 0.281 e. The van der Waals surface area contributed by atoms with E-state index >= 15 is 0 Å². The average molecular weight is 525 g/mol. The van der Waals surface area contributed by atoms with Gasteiger partial charge in [-0.2, -0.15) is 15.2 Å². The minimum atomic E-state index is -0.188. The maximum absolute atomic E-state index is 13.9. The highest BCUT2D eigenvalue weighted by Crippen LogP contribution is 2.33. The molecule has 1 aliphatic heterocycles. The molecule has 0 unspecified atom stereocenters. The number of aryl methyl sites for hydroxylation is 1. The largest absolute Gasteiger partial charge is 0.494 e. The summed E-state index contributed by atoms with van der Waals surface area (Å²) >= 11 is 0. The molecule has 0 fully saturated rings. The first-order valence-electron chi connectivity index (χ1n) is 13.3. The van der Waals surface area contributed by atoms with Crippen molar-refractivity contribution >= 4 is 23.4 Å². The number of anilines is 1. The molecule has 1 aliphatic rings. The summed E-state index contributed by atoms with van der Waals surface area (Å²) in [4.78, 5) is 13.9. The van der Waals surface area contributed by atoms with E-state index in [-0.39, 0.29) is 5.91 Å². The van der Waals surface area contributed by atoms with Crippen molar-refractivity contribution in [1.82, 2.24) is 9.78 Å². The van der Waals surface area contributed by atoms with Crippen LogP contribution in [0.2, 0.25) is 0 Å². The van der Waals surface area contributed by atoms with Crippen molar-refractivity contribution in [3.63, 3.8) is 0 Å². The third-order valence-corrected chi connectivity index (χ3v) is 6.75. The summed E-state index contributed by atoms with van der Waals surface area (Å²) in [5, 5.41) is 11.3. The molecule has 40 heavy (non-hydrogen) atoms. The first-order chi connectivity index (χ1) is 19.6. The van der Waals surface area contributed by atoms with E-state index in [9.17, 15) is 4.79 Å². The van der Waals surface area contributed by atoms with Crippen LogP contribution in [-0.2, 0) is 4.79 Å². The number of benzene rings is 4. The van der Waals surface area contributed by atoms with E-state index in [1.54, 1.807) is 0 Å². The number of para-hydroxylation sites is 2. The molecule has 0 saturated carbocycles. The van der Waals surface area contributed by atoms with E-state index in [0.717, 1.165) is 39.4 Å². The SMILES string of the molecule is CCOc1ccc(-c2nn(-c3ccccc3)cc2C=C2C(=O)N(c3ccccc3)N=C2c2ccccc2)c(C)c1. The number of aromatic nitrogens is 2. The van der Waals surface area contributed by atoms with Crippen LogP contribution in [0.1, 0.15) is 23.6 Å². The third-order valence-electron chi connectivity index (χ3n) is 6.75. The van der Waals surface area contributed by atoms with Crippen molar-refractivity contribution in [2.24, 2.45) is 5.10 Å². The van der Waals surface area contributed by atoms with Gasteiger partial charge in [0.2, 0.25) is 0 Å². The molecule has 0 spiro atoms. The summed E-state index contributed by atoms with van der Waals surface area (Å²) in [5.41, 5.74) is 7.23. The summed E-state index contributed by atoms with van der Waals surface area (Å²) in [6.07, 6.45) is 3.88. The zero-order chi connectivity index (χ0) is 27.5. The van der Waals surface area contributed by atoms with Crippen molar-refractivity contribution in [3.8, 4) is 22.7 Å². The topological polar surface area (TPSA) is 59.7 Å². The molecule has 0 atom stereocenters. The van der Waals surface area contributed by atoms with E-state index in [4.69, 9.17) is 14.9 Å².